The van der Waals surface area contributed by atoms with Gasteiger partial charge in [0.25, 0.3) is 6.33 Å². The minimum atomic E-state index is -4.94. The zero-order chi connectivity index (χ0) is 22.6. The molecule has 0 radical (unpaired) electrons. The Balaban J connectivity index is 0.000000491. The Morgan fingerprint density at radius 3 is 2.35 bits per heavy atom. The summed E-state index contributed by atoms with van der Waals surface area (Å²) in [6.07, 6.45) is 4.73. The number of rotatable bonds is 4. The molecule has 0 saturated carbocycles. The average molecular weight is 447 g/mol. The first-order chi connectivity index (χ1) is 14.6. The van der Waals surface area contributed by atoms with Crippen LogP contribution in [0.4, 0.5) is 0 Å². The summed E-state index contributed by atoms with van der Waals surface area (Å²) in [7, 11) is -4.94. The number of hydrogen-bond acceptors (Lipinski definition) is 6. The van der Waals surface area contributed by atoms with Crippen molar-refractivity contribution >= 4 is 5.91 Å². The van der Waals surface area contributed by atoms with Crippen molar-refractivity contribution in [3.8, 4) is 5.69 Å². The molecule has 164 valence electrons. The number of benzene rings is 2. The van der Waals surface area contributed by atoms with E-state index in [0.717, 1.165) is 12.1 Å². The van der Waals surface area contributed by atoms with E-state index in [4.69, 9.17) is 18.6 Å². The Morgan fingerprint density at radius 2 is 1.71 bits per heavy atom. The molecular formula is C21H23ClN4O5. The molecule has 1 aliphatic carbocycles. The Morgan fingerprint density at radius 1 is 1.10 bits per heavy atom. The first-order valence-electron chi connectivity index (χ1n) is 9.64. The Bertz CT molecular complexity index is 1010. The number of carbonyl (C=O) groups excluding carboxylic acids is 1. The predicted molar refractivity (Wildman–Crippen MR) is 98.7 cm³/mol. The normalized spacial score (nSPS) is 17.6. The Labute approximate surface area is 181 Å². The molecule has 1 amide bonds. The maximum Gasteiger partial charge on any atom is 0.265 e. The lowest BCUT2D eigenvalue weighted by molar-refractivity contribution is -2.00. The van der Waals surface area contributed by atoms with Crippen molar-refractivity contribution in [1.29, 1.82) is 0 Å². The van der Waals surface area contributed by atoms with E-state index < -0.39 is 10.2 Å². The fourth-order valence-electron chi connectivity index (χ4n) is 3.53. The van der Waals surface area contributed by atoms with E-state index in [9.17, 15) is 4.79 Å². The van der Waals surface area contributed by atoms with Gasteiger partial charge >= 0.3 is 0 Å². The number of hydrogen-bond donors (Lipinski definition) is 1. The summed E-state index contributed by atoms with van der Waals surface area (Å²) in [4.78, 5) is 12.4. The van der Waals surface area contributed by atoms with E-state index in [1.165, 1.54) is 11.1 Å². The van der Waals surface area contributed by atoms with Crippen LogP contribution in [0.15, 0.2) is 67.3 Å². The minimum Gasteiger partial charge on any atom is -0.346 e. The van der Waals surface area contributed by atoms with Gasteiger partial charge < -0.3 is 5.32 Å². The molecule has 0 saturated heterocycles. The molecule has 2 aromatic carbocycles. The molecule has 1 unspecified atom stereocenters. The largest absolute Gasteiger partial charge is 0.346 e. The molecule has 1 N–H and O–H groups in total. The molecular weight excluding hydrogens is 424 g/mol. The third kappa shape index (κ3) is 6.09. The van der Waals surface area contributed by atoms with E-state index in [-0.39, 0.29) is 23.9 Å². The lowest BCUT2D eigenvalue weighted by atomic mass is 10.1. The van der Waals surface area contributed by atoms with E-state index in [2.05, 4.69) is 33.2 Å². The summed E-state index contributed by atoms with van der Waals surface area (Å²) < 4.78 is 37.9. The number of para-hydroxylation sites is 1. The highest BCUT2D eigenvalue weighted by Gasteiger charge is 2.37. The number of amides is 1. The molecule has 3 aromatic rings. The van der Waals surface area contributed by atoms with Crippen LogP contribution in [0.25, 0.3) is 5.69 Å². The molecule has 31 heavy (non-hydrogen) atoms. The monoisotopic (exact) mass is 446 g/mol. The quantitative estimate of drug-likeness (QED) is 0.460. The Hall–Kier alpha value is -2.82. The summed E-state index contributed by atoms with van der Waals surface area (Å²) in [6, 6.07) is 18.5. The summed E-state index contributed by atoms with van der Waals surface area (Å²) in [5.41, 5.74) is 3.50. The second-order valence-electron chi connectivity index (χ2n) is 7.46. The molecule has 0 fully saturated rings. The van der Waals surface area contributed by atoms with Gasteiger partial charge in [0, 0.05) is 17.4 Å². The van der Waals surface area contributed by atoms with Crippen molar-refractivity contribution in [1.82, 2.24) is 15.1 Å². The smallest absolute Gasteiger partial charge is 0.265 e. The summed E-state index contributed by atoms with van der Waals surface area (Å²) in [5, 5.41) is 7.74. The van der Waals surface area contributed by atoms with Gasteiger partial charge in [-0.15, -0.1) is 10.2 Å². The molecule has 10 heteroatoms. The van der Waals surface area contributed by atoms with E-state index in [1.54, 1.807) is 0 Å². The minimum absolute atomic E-state index is 0.0412. The van der Waals surface area contributed by atoms with Crippen LogP contribution in [0.5, 0.6) is 0 Å². The van der Waals surface area contributed by atoms with E-state index in [1.807, 2.05) is 67.6 Å². The SMILES string of the molecule is CC(C)C(=O)N[C@@H]1c2ccccc2CC1[n+]1cnn(-c2ccccc2)c1.[O-][Cl+3]([O-])([O-])[O-]. The highest BCUT2D eigenvalue weighted by molar-refractivity contribution is 5.78. The fourth-order valence-corrected chi connectivity index (χ4v) is 3.53. The number of nitrogens with one attached hydrogen (secondary N) is 1. The van der Waals surface area contributed by atoms with Crippen molar-refractivity contribution in [2.45, 2.75) is 32.4 Å². The van der Waals surface area contributed by atoms with Crippen LogP contribution in [-0.4, -0.2) is 15.7 Å². The zero-order valence-corrected chi connectivity index (χ0v) is 17.8. The molecule has 1 heterocycles. The highest BCUT2D eigenvalue weighted by Crippen LogP contribution is 2.36. The summed E-state index contributed by atoms with van der Waals surface area (Å²) in [5.74, 6) is 0.0354. The first kappa shape index (κ1) is 22.9. The van der Waals surface area contributed by atoms with Crippen molar-refractivity contribution in [2.24, 2.45) is 5.92 Å². The standard InChI is InChI=1S/C21H22N4O.ClHO4/c1-15(2)21(26)23-20-18-11-7-6-8-16(18)12-19(20)24-13-22-25(14-24)17-9-4-3-5-10-17;2-1(3,4)5/h3-11,13-15,19-20H,12H2,1-2H3;(H,2,3,4,5)/t19?,20-;/m1./s1. The summed E-state index contributed by atoms with van der Waals surface area (Å²) in [6.45, 7) is 3.84. The third-order valence-electron chi connectivity index (χ3n) is 4.98. The van der Waals surface area contributed by atoms with Gasteiger partial charge in [-0.2, -0.15) is 0 Å². The van der Waals surface area contributed by atoms with Gasteiger partial charge in [0.2, 0.25) is 12.2 Å². The number of fused-ring (bicyclic) bond motifs is 1. The first-order valence-corrected chi connectivity index (χ1v) is 10.9. The fraction of sp³-hybridized carbons (Fsp3) is 0.286. The van der Waals surface area contributed by atoms with Crippen LogP contribution in [0.3, 0.4) is 0 Å². The van der Waals surface area contributed by atoms with Crippen LogP contribution in [-0.2, 0) is 11.2 Å². The number of carbonyl (C=O) groups is 1. The lowest BCUT2D eigenvalue weighted by Gasteiger charge is -2.21. The topological polar surface area (TPSA) is 143 Å². The molecule has 4 rings (SSSR count). The molecule has 2 atom stereocenters. The molecule has 1 aliphatic rings. The third-order valence-corrected chi connectivity index (χ3v) is 4.98. The van der Waals surface area contributed by atoms with Gasteiger partial charge in [-0.1, -0.05) is 61.0 Å². The molecule has 0 spiro atoms. The van der Waals surface area contributed by atoms with Crippen LogP contribution < -0.4 is 28.5 Å². The maximum atomic E-state index is 12.4. The van der Waals surface area contributed by atoms with Crippen LogP contribution >= 0.6 is 0 Å². The van der Waals surface area contributed by atoms with Crippen LogP contribution in [0, 0.1) is 16.2 Å². The molecule has 9 nitrogen and oxygen atoms in total. The van der Waals surface area contributed by atoms with Gasteiger partial charge in [0.05, 0.1) is 6.04 Å². The van der Waals surface area contributed by atoms with Crippen molar-refractivity contribution in [3.63, 3.8) is 0 Å². The van der Waals surface area contributed by atoms with Gasteiger partial charge in [-0.05, 0) is 23.3 Å². The number of nitrogens with zero attached hydrogens (tertiary/aromatic N) is 3. The molecule has 0 aliphatic heterocycles. The number of halogens is 1. The second kappa shape index (κ2) is 9.54. The highest BCUT2D eigenvalue weighted by atomic mass is 35.7. The van der Waals surface area contributed by atoms with Crippen molar-refractivity contribution < 1.29 is 38.2 Å². The van der Waals surface area contributed by atoms with Gasteiger partial charge in [-0.3, -0.25) is 4.79 Å². The second-order valence-corrected chi connectivity index (χ2v) is 8.22. The molecule has 1 aromatic heterocycles. The number of aromatic nitrogens is 3. The van der Waals surface area contributed by atoms with E-state index >= 15 is 0 Å². The maximum absolute atomic E-state index is 12.4. The van der Waals surface area contributed by atoms with Gasteiger partial charge in [0.1, 0.15) is 11.7 Å². The predicted octanol–water partition coefficient (Wildman–Crippen LogP) is -1.99. The van der Waals surface area contributed by atoms with Gasteiger partial charge in [0.15, 0.2) is 0 Å². The summed E-state index contributed by atoms with van der Waals surface area (Å²) >= 11 is 0. The average Bonchev–Trinajstić information content (AvgIpc) is 3.33. The molecule has 0 bridgehead atoms. The van der Waals surface area contributed by atoms with Crippen LogP contribution in [0.1, 0.15) is 37.1 Å². The van der Waals surface area contributed by atoms with E-state index in [0.29, 0.717) is 0 Å². The van der Waals surface area contributed by atoms with Crippen LogP contribution in [0.2, 0.25) is 0 Å². The zero-order valence-electron chi connectivity index (χ0n) is 17.1. The van der Waals surface area contributed by atoms with Crippen molar-refractivity contribution in [3.05, 3.63) is 78.4 Å². The Kier molecular flexibility index (Phi) is 7.04. The van der Waals surface area contributed by atoms with Gasteiger partial charge in [-0.25, -0.2) is 23.2 Å². The lowest BCUT2D eigenvalue weighted by Crippen LogP contribution is -2.68. The van der Waals surface area contributed by atoms with Crippen molar-refractivity contribution in [2.75, 3.05) is 0 Å².